The lowest BCUT2D eigenvalue weighted by molar-refractivity contribution is 0.764. The third-order valence-electron chi connectivity index (χ3n) is 3.95. The van der Waals surface area contributed by atoms with Gasteiger partial charge in [0.15, 0.2) is 0 Å². The van der Waals surface area contributed by atoms with Crippen LogP contribution in [0.1, 0.15) is 40.5 Å². The van der Waals surface area contributed by atoms with Gasteiger partial charge >= 0.3 is 0 Å². The van der Waals surface area contributed by atoms with Crippen molar-refractivity contribution in [2.45, 2.75) is 52.6 Å². The first-order valence-electron chi connectivity index (χ1n) is 7.70. The van der Waals surface area contributed by atoms with Crippen molar-refractivity contribution in [3.63, 3.8) is 0 Å². The minimum Gasteiger partial charge on any atom is -0.382 e. The van der Waals surface area contributed by atoms with Crippen molar-refractivity contribution in [2.75, 3.05) is 10.6 Å². The van der Waals surface area contributed by atoms with E-state index in [4.69, 9.17) is 0 Å². The summed E-state index contributed by atoms with van der Waals surface area (Å²) in [5, 5.41) is 9.79. The summed E-state index contributed by atoms with van der Waals surface area (Å²) in [6, 6.07) is 14.0. The third-order valence-corrected chi connectivity index (χ3v) is 3.95. The summed E-state index contributed by atoms with van der Waals surface area (Å²) in [7, 11) is 0. The fourth-order valence-electron chi connectivity index (χ4n) is 2.30. The monoisotopic (exact) mass is 270 g/mol. The Bertz CT molecular complexity index is 511. The second kappa shape index (κ2) is 6.65. The van der Waals surface area contributed by atoms with Crippen LogP contribution in [0.2, 0.25) is 0 Å². The maximum absolute atomic E-state index is 3.60. The molecule has 0 aliphatic rings. The topological polar surface area (TPSA) is 24.1 Å². The maximum atomic E-state index is 3.60. The highest BCUT2D eigenvalue weighted by Crippen LogP contribution is 2.30. The number of rotatable bonds is 6. The van der Waals surface area contributed by atoms with Crippen LogP contribution in [-0.4, -0.2) is 12.1 Å². The summed E-state index contributed by atoms with van der Waals surface area (Å²) in [6.45, 7) is 8.86. The summed E-state index contributed by atoms with van der Waals surface area (Å²) in [6.07, 6.45) is 2.25. The lowest BCUT2D eigenvalue weighted by atomic mass is 10.1. The molecule has 0 heterocycles. The van der Waals surface area contributed by atoms with E-state index in [0.29, 0.717) is 12.1 Å². The van der Waals surface area contributed by atoms with Gasteiger partial charge in [-0.2, -0.15) is 0 Å². The van der Waals surface area contributed by atoms with E-state index in [-0.39, 0.29) is 0 Å². The molecule has 108 valence electrons. The number of hydrogen-bond donors (Lipinski definition) is 2. The molecular formula is C18H26N2. The average molecular weight is 270 g/mol. The van der Waals surface area contributed by atoms with Gasteiger partial charge in [0, 0.05) is 34.2 Å². The summed E-state index contributed by atoms with van der Waals surface area (Å²) in [5.41, 5.74) is 2.45. The quantitative estimate of drug-likeness (QED) is 0.748. The van der Waals surface area contributed by atoms with Crippen LogP contribution in [0.3, 0.4) is 0 Å². The highest BCUT2D eigenvalue weighted by Gasteiger charge is 2.07. The Kier molecular flexibility index (Phi) is 4.89. The van der Waals surface area contributed by atoms with Gasteiger partial charge < -0.3 is 10.6 Å². The van der Waals surface area contributed by atoms with E-state index in [0.717, 1.165) is 12.8 Å². The maximum Gasteiger partial charge on any atom is 0.0422 e. The van der Waals surface area contributed by atoms with Gasteiger partial charge in [-0.25, -0.2) is 0 Å². The van der Waals surface area contributed by atoms with E-state index in [1.807, 2.05) is 0 Å². The molecule has 2 unspecified atom stereocenters. The smallest absolute Gasteiger partial charge is 0.0422 e. The predicted octanol–water partition coefficient (Wildman–Crippen LogP) is 5.26. The average Bonchev–Trinajstić information content (AvgIpc) is 2.47. The molecule has 2 aromatic rings. The molecular weight excluding hydrogens is 244 g/mol. The second-order valence-electron chi connectivity index (χ2n) is 5.61. The van der Waals surface area contributed by atoms with Gasteiger partial charge in [-0.15, -0.1) is 0 Å². The van der Waals surface area contributed by atoms with Crippen LogP contribution in [0, 0.1) is 0 Å². The minimum atomic E-state index is 0.492. The summed E-state index contributed by atoms with van der Waals surface area (Å²) in [4.78, 5) is 0. The Morgan fingerprint density at radius 3 is 1.50 bits per heavy atom. The molecule has 0 amide bonds. The van der Waals surface area contributed by atoms with Crippen molar-refractivity contribution in [3.05, 3.63) is 36.4 Å². The Balaban J connectivity index is 2.40. The van der Waals surface area contributed by atoms with E-state index in [9.17, 15) is 0 Å². The molecule has 0 fully saturated rings. The molecule has 2 nitrogen and oxygen atoms in total. The molecule has 0 aliphatic carbocycles. The van der Waals surface area contributed by atoms with Gasteiger partial charge in [-0.1, -0.05) is 38.1 Å². The number of nitrogens with one attached hydrogen (secondary N) is 2. The molecule has 0 aromatic heterocycles. The van der Waals surface area contributed by atoms with Gasteiger partial charge in [0.1, 0.15) is 0 Å². The lowest BCUT2D eigenvalue weighted by Crippen LogP contribution is -2.15. The largest absolute Gasteiger partial charge is 0.382 e. The van der Waals surface area contributed by atoms with Crippen molar-refractivity contribution in [1.29, 1.82) is 0 Å². The van der Waals surface area contributed by atoms with Gasteiger partial charge in [0.25, 0.3) is 0 Å². The van der Waals surface area contributed by atoms with Crippen molar-refractivity contribution in [3.8, 4) is 0 Å². The summed E-state index contributed by atoms with van der Waals surface area (Å²) >= 11 is 0. The predicted molar refractivity (Wildman–Crippen MR) is 90.7 cm³/mol. The molecule has 0 saturated carbocycles. The highest BCUT2D eigenvalue weighted by atomic mass is 14.9. The first-order valence-corrected chi connectivity index (χ1v) is 7.70. The Morgan fingerprint density at radius 1 is 0.750 bits per heavy atom. The molecule has 2 heteroatoms. The number of anilines is 2. The normalized spacial score (nSPS) is 14.0. The SMILES string of the molecule is CCC(C)Nc1cccc2c(NC(C)CC)cccc12. The van der Waals surface area contributed by atoms with E-state index in [1.54, 1.807) is 0 Å². The van der Waals surface area contributed by atoms with Crippen molar-refractivity contribution >= 4 is 22.1 Å². The molecule has 0 spiro atoms. The van der Waals surface area contributed by atoms with E-state index in [1.165, 1.54) is 22.1 Å². The fraction of sp³-hybridized carbons (Fsp3) is 0.444. The first-order chi connectivity index (χ1) is 9.65. The van der Waals surface area contributed by atoms with Crippen molar-refractivity contribution in [1.82, 2.24) is 0 Å². The number of hydrogen-bond acceptors (Lipinski definition) is 2. The Morgan fingerprint density at radius 2 is 1.15 bits per heavy atom. The van der Waals surface area contributed by atoms with Crippen molar-refractivity contribution < 1.29 is 0 Å². The van der Waals surface area contributed by atoms with Crippen LogP contribution in [0.4, 0.5) is 11.4 Å². The second-order valence-corrected chi connectivity index (χ2v) is 5.61. The zero-order chi connectivity index (χ0) is 14.5. The minimum absolute atomic E-state index is 0.492. The van der Waals surface area contributed by atoms with Crippen LogP contribution in [0.15, 0.2) is 36.4 Å². The lowest BCUT2D eigenvalue weighted by Gasteiger charge is -2.18. The molecule has 2 atom stereocenters. The van der Waals surface area contributed by atoms with E-state index < -0.39 is 0 Å². The molecule has 2 N–H and O–H groups in total. The Hall–Kier alpha value is -1.70. The van der Waals surface area contributed by atoms with E-state index >= 15 is 0 Å². The van der Waals surface area contributed by atoms with Crippen LogP contribution in [-0.2, 0) is 0 Å². The molecule has 20 heavy (non-hydrogen) atoms. The van der Waals surface area contributed by atoms with Crippen LogP contribution < -0.4 is 10.6 Å². The molecule has 2 aromatic carbocycles. The standard InChI is InChI=1S/C18H26N2/c1-5-13(3)19-17-11-7-10-16-15(17)9-8-12-18(16)20-14(4)6-2/h7-14,19-20H,5-6H2,1-4H3. The summed E-state index contributed by atoms with van der Waals surface area (Å²) in [5.74, 6) is 0. The molecule has 0 saturated heterocycles. The number of benzene rings is 2. The van der Waals surface area contributed by atoms with Gasteiger partial charge in [-0.3, -0.25) is 0 Å². The van der Waals surface area contributed by atoms with Crippen LogP contribution in [0.5, 0.6) is 0 Å². The van der Waals surface area contributed by atoms with Gasteiger partial charge in [0.2, 0.25) is 0 Å². The van der Waals surface area contributed by atoms with Gasteiger partial charge in [0.05, 0.1) is 0 Å². The first kappa shape index (κ1) is 14.7. The zero-order valence-electron chi connectivity index (χ0n) is 13.0. The fourth-order valence-corrected chi connectivity index (χ4v) is 2.30. The highest BCUT2D eigenvalue weighted by molar-refractivity contribution is 6.01. The Labute approximate surface area is 122 Å². The van der Waals surface area contributed by atoms with Crippen molar-refractivity contribution in [2.24, 2.45) is 0 Å². The molecule has 0 aliphatic heterocycles. The molecule has 0 bridgehead atoms. The third kappa shape index (κ3) is 3.24. The van der Waals surface area contributed by atoms with Gasteiger partial charge in [-0.05, 0) is 38.8 Å². The summed E-state index contributed by atoms with van der Waals surface area (Å²) < 4.78 is 0. The number of fused-ring (bicyclic) bond motifs is 1. The van der Waals surface area contributed by atoms with Crippen LogP contribution >= 0.6 is 0 Å². The zero-order valence-corrected chi connectivity index (χ0v) is 13.0. The molecule has 2 rings (SSSR count). The molecule has 0 radical (unpaired) electrons. The van der Waals surface area contributed by atoms with Crippen LogP contribution in [0.25, 0.3) is 10.8 Å². The van der Waals surface area contributed by atoms with E-state index in [2.05, 4.69) is 74.7 Å².